The van der Waals surface area contributed by atoms with Gasteiger partial charge >= 0.3 is 0 Å². The van der Waals surface area contributed by atoms with Crippen molar-refractivity contribution in [2.75, 3.05) is 13.1 Å². The second kappa shape index (κ2) is 6.32. The van der Waals surface area contributed by atoms with Crippen LogP contribution in [0.15, 0.2) is 29.2 Å². The number of hydrogen-bond acceptors (Lipinski definition) is 2. The van der Waals surface area contributed by atoms with Gasteiger partial charge in [0.1, 0.15) is 0 Å². The van der Waals surface area contributed by atoms with Gasteiger partial charge in [0.15, 0.2) is 0 Å². The van der Waals surface area contributed by atoms with Crippen LogP contribution in [0.3, 0.4) is 0 Å². The largest absolute Gasteiger partial charge is 0.299 e. The van der Waals surface area contributed by atoms with Crippen LogP contribution in [0.25, 0.3) is 0 Å². The van der Waals surface area contributed by atoms with E-state index in [9.17, 15) is 0 Å². The molecule has 0 amide bonds. The number of piperidine rings is 1. The summed E-state index contributed by atoms with van der Waals surface area (Å²) in [7, 11) is 0. The Morgan fingerprint density at radius 3 is 3.00 bits per heavy atom. The smallest absolute Gasteiger partial charge is 0.0263 e. The van der Waals surface area contributed by atoms with E-state index >= 15 is 0 Å². The van der Waals surface area contributed by atoms with E-state index in [-0.39, 0.29) is 0 Å². The average molecular weight is 275 g/mol. The molecular weight excluding hydrogens is 250 g/mol. The molecule has 1 fully saturated rings. The first-order valence-corrected chi connectivity index (χ1v) is 8.73. The van der Waals surface area contributed by atoms with E-state index < -0.39 is 0 Å². The Morgan fingerprint density at radius 2 is 2.16 bits per heavy atom. The lowest BCUT2D eigenvalue weighted by Crippen LogP contribution is -2.42. The Balaban J connectivity index is 1.60. The van der Waals surface area contributed by atoms with E-state index in [1.54, 1.807) is 5.56 Å². The van der Waals surface area contributed by atoms with Crippen LogP contribution >= 0.6 is 11.8 Å². The molecule has 1 saturated heterocycles. The Kier molecular flexibility index (Phi) is 4.49. The number of rotatable bonds is 4. The molecule has 1 aromatic carbocycles. The van der Waals surface area contributed by atoms with Crippen molar-refractivity contribution in [2.45, 2.75) is 61.6 Å². The number of nitrogens with zero attached hydrogens (tertiary/aromatic N) is 1. The normalized spacial score (nSPS) is 27.4. The molecule has 1 aromatic rings. The minimum atomic E-state index is 0.787. The van der Waals surface area contributed by atoms with E-state index in [4.69, 9.17) is 0 Å². The van der Waals surface area contributed by atoms with E-state index in [1.807, 2.05) is 0 Å². The predicted molar refractivity (Wildman–Crippen MR) is 83.9 cm³/mol. The van der Waals surface area contributed by atoms with Crippen LogP contribution in [0.1, 0.15) is 44.6 Å². The summed E-state index contributed by atoms with van der Waals surface area (Å²) in [5.41, 5.74) is 1.57. The van der Waals surface area contributed by atoms with Gasteiger partial charge in [0.05, 0.1) is 0 Å². The monoisotopic (exact) mass is 275 g/mol. The van der Waals surface area contributed by atoms with Crippen LogP contribution in [-0.2, 0) is 6.42 Å². The molecule has 0 saturated carbocycles. The molecule has 0 spiro atoms. The Hall–Kier alpha value is -0.470. The summed E-state index contributed by atoms with van der Waals surface area (Å²) in [6.45, 7) is 4.95. The van der Waals surface area contributed by atoms with Gasteiger partial charge in [0.25, 0.3) is 0 Å². The number of likely N-dealkylation sites (tertiary alicyclic amines) is 1. The minimum absolute atomic E-state index is 0.787. The molecule has 2 heteroatoms. The average Bonchev–Trinajstić information content (AvgIpc) is 2.83. The summed E-state index contributed by atoms with van der Waals surface area (Å²) < 4.78 is 0. The van der Waals surface area contributed by atoms with Gasteiger partial charge in [-0.3, -0.25) is 4.90 Å². The molecule has 0 aliphatic carbocycles. The maximum Gasteiger partial charge on any atom is 0.0263 e. The predicted octanol–water partition coefficient (Wildman–Crippen LogP) is 4.36. The lowest BCUT2D eigenvalue weighted by molar-refractivity contribution is 0.140. The van der Waals surface area contributed by atoms with Crippen LogP contribution in [0.2, 0.25) is 0 Å². The quantitative estimate of drug-likeness (QED) is 0.803. The molecule has 2 aliphatic rings. The zero-order valence-corrected chi connectivity index (χ0v) is 12.8. The maximum absolute atomic E-state index is 2.79. The lowest BCUT2D eigenvalue weighted by Gasteiger charge is -2.37. The molecule has 0 bridgehead atoms. The van der Waals surface area contributed by atoms with Gasteiger partial charge in [-0.05, 0) is 43.9 Å². The third-order valence-corrected chi connectivity index (χ3v) is 5.82. The number of hydrogen-bond donors (Lipinski definition) is 0. The van der Waals surface area contributed by atoms with Crippen molar-refractivity contribution in [3.05, 3.63) is 29.8 Å². The van der Waals surface area contributed by atoms with Crippen LogP contribution in [-0.4, -0.2) is 29.3 Å². The van der Waals surface area contributed by atoms with Crippen molar-refractivity contribution in [2.24, 2.45) is 0 Å². The van der Waals surface area contributed by atoms with Gasteiger partial charge in [-0.25, -0.2) is 0 Å². The second-order valence-corrected chi connectivity index (χ2v) is 7.33. The topological polar surface area (TPSA) is 3.24 Å². The first kappa shape index (κ1) is 13.5. The molecule has 3 rings (SSSR count). The zero-order chi connectivity index (χ0) is 13.1. The molecule has 0 aromatic heterocycles. The summed E-state index contributed by atoms with van der Waals surface area (Å²) in [5, 5.41) is 0.787. The molecule has 104 valence electrons. The van der Waals surface area contributed by atoms with Gasteiger partial charge in [0.2, 0.25) is 0 Å². The fraction of sp³-hybridized carbons (Fsp3) is 0.647. The minimum Gasteiger partial charge on any atom is -0.299 e. The van der Waals surface area contributed by atoms with Crippen molar-refractivity contribution in [1.82, 2.24) is 4.90 Å². The maximum atomic E-state index is 2.79. The molecule has 2 atom stereocenters. The molecule has 19 heavy (non-hydrogen) atoms. The highest BCUT2D eigenvalue weighted by Crippen LogP contribution is 2.37. The third kappa shape index (κ3) is 3.17. The van der Waals surface area contributed by atoms with Gasteiger partial charge in [-0.15, -0.1) is 11.8 Å². The summed E-state index contributed by atoms with van der Waals surface area (Å²) in [6, 6.07) is 9.82. The second-order valence-electron chi connectivity index (χ2n) is 5.98. The molecule has 0 N–H and O–H groups in total. The Labute approximate surface area is 121 Å². The van der Waals surface area contributed by atoms with Crippen LogP contribution in [0.4, 0.5) is 0 Å². The lowest BCUT2D eigenvalue weighted by atomic mass is 9.97. The van der Waals surface area contributed by atoms with Gasteiger partial charge in [0, 0.05) is 22.7 Å². The zero-order valence-electron chi connectivity index (χ0n) is 12.0. The molecular formula is C17H25NS. The molecule has 1 nitrogen and oxygen atoms in total. The highest BCUT2D eigenvalue weighted by molar-refractivity contribution is 8.00. The summed E-state index contributed by atoms with van der Waals surface area (Å²) in [5.74, 6) is 0. The van der Waals surface area contributed by atoms with Crippen molar-refractivity contribution >= 4 is 11.8 Å². The van der Waals surface area contributed by atoms with Crippen LogP contribution in [0.5, 0.6) is 0 Å². The van der Waals surface area contributed by atoms with Crippen molar-refractivity contribution in [3.8, 4) is 0 Å². The number of thioether (sulfide) groups is 1. The van der Waals surface area contributed by atoms with Crippen molar-refractivity contribution in [3.63, 3.8) is 0 Å². The fourth-order valence-corrected chi connectivity index (χ4v) is 4.93. The summed E-state index contributed by atoms with van der Waals surface area (Å²) in [4.78, 5) is 4.31. The van der Waals surface area contributed by atoms with Crippen molar-refractivity contribution in [1.29, 1.82) is 0 Å². The highest BCUT2D eigenvalue weighted by atomic mass is 32.2. The van der Waals surface area contributed by atoms with Crippen LogP contribution < -0.4 is 0 Å². The SMILES string of the molecule is CCCC1CCCCN1CC1Cc2ccccc2S1. The van der Waals surface area contributed by atoms with Gasteiger partial charge in [-0.1, -0.05) is 38.0 Å². The first-order valence-electron chi connectivity index (χ1n) is 7.85. The van der Waals surface area contributed by atoms with Gasteiger partial charge < -0.3 is 0 Å². The van der Waals surface area contributed by atoms with Gasteiger partial charge in [-0.2, -0.15) is 0 Å². The van der Waals surface area contributed by atoms with Crippen molar-refractivity contribution < 1.29 is 0 Å². The molecule has 0 radical (unpaired) electrons. The van der Waals surface area contributed by atoms with E-state index in [0.29, 0.717) is 0 Å². The first-order chi connectivity index (χ1) is 9.36. The molecule has 2 heterocycles. The molecule has 2 aliphatic heterocycles. The fourth-order valence-electron chi connectivity index (χ4n) is 3.58. The molecule has 2 unspecified atom stereocenters. The Bertz CT molecular complexity index is 390. The highest BCUT2D eigenvalue weighted by Gasteiger charge is 2.28. The number of benzene rings is 1. The standard InChI is InChI=1S/C17H25NS/c1-2-7-15-9-5-6-11-18(15)13-16-12-14-8-3-4-10-17(14)19-16/h3-4,8,10,15-16H,2,5-7,9,11-13H2,1H3. The van der Waals surface area contributed by atoms with E-state index in [1.165, 1.54) is 56.5 Å². The van der Waals surface area contributed by atoms with Crippen LogP contribution in [0, 0.1) is 0 Å². The Morgan fingerprint density at radius 1 is 1.26 bits per heavy atom. The van der Waals surface area contributed by atoms with E-state index in [0.717, 1.165) is 11.3 Å². The summed E-state index contributed by atoms with van der Waals surface area (Å²) in [6.07, 6.45) is 8.28. The number of fused-ring (bicyclic) bond motifs is 1. The summed E-state index contributed by atoms with van der Waals surface area (Å²) >= 11 is 2.11. The third-order valence-electron chi connectivity index (χ3n) is 4.52. The van der Waals surface area contributed by atoms with E-state index in [2.05, 4.69) is 47.9 Å².